The second kappa shape index (κ2) is 8.76. The number of aromatic nitrogens is 2. The van der Waals surface area contributed by atoms with Gasteiger partial charge in [-0.25, -0.2) is 4.98 Å². The van der Waals surface area contributed by atoms with E-state index in [0.29, 0.717) is 0 Å². The van der Waals surface area contributed by atoms with E-state index in [4.69, 9.17) is 9.72 Å². The van der Waals surface area contributed by atoms with E-state index in [1.165, 1.54) is 0 Å². The molecule has 1 aromatic heterocycles. The molecule has 4 rings (SSSR count). The van der Waals surface area contributed by atoms with Crippen molar-refractivity contribution in [2.45, 2.75) is 33.0 Å². The van der Waals surface area contributed by atoms with Crippen LogP contribution in [-0.2, 0) is 22.6 Å². The maximum Gasteiger partial charge on any atom is 0.247 e. The van der Waals surface area contributed by atoms with Crippen LogP contribution in [0.15, 0.2) is 54.6 Å². The van der Waals surface area contributed by atoms with Gasteiger partial charge in [0.1, 0.15) is 12.4 Å². The summed E-state index contributed by atoms with van der Waals surface area (Å²) in [4.78, 5) is 22.4. The van der Waals surface area contributed by atoms with Crippen molar-refractivity contribution in [3.05, 3.63) is 60.4 Å². The smallest absolute Gasteiger partial charge is 0.247 e. The van der Waals surface area contributed by atoms with Gasteiger partial charge in [0.2, 0.25) is 5.91 Å². The molecule has 1 fully saturated rings. The van der Waals surface area contributed by atoms with E-state index in [1.807, 2.05) is 73.3 Å². The molecule has 0 radical (unpaired) electrons. The highest BCUT2D eigenvalue weighted by molar-refractivity contribution is 5.94. The zero-order valence-electron chi connectivity index (χ0n) is 17.1. The summed E-state index contributed by atoms with van der Waals surface area (Å²) in [7, 11) is 0. The van der Waals surface area contributed by atoms with Crippen molar-refractivity contribution in [2.75, 3.05) is 31.2 Å². The molecule has 0 unspecified atom stereocenters. The summed E-state index contributed by atoms with van der Waals surface area (Å²) in [5.74, 6) is 0.996. The summed E-state index contributed by atoms with van der Waals surface area (Å²) in [6.45, 7) is 8.35. The fourth-order valence-corrected chi connectivity index (χ4v) is 3.91. The van der Waals surface area contributed by atoms with Gasteiger partial charge >= 0.3 is 0 Å². The Morgan fingerprint density at radius 1 is 1.07 bits per heavy atom. The lowest BCUT2D eigenvalue weighted by atomic mass is 10.2. The number of hydrogen-bond donors (Lipinski definition) is 0. The summed E-state index contributed by atoms with van der Waals surface area (Å²) in [5.41, 5.74) is 2.85. The van der Waals surface area contributed by atoms with E-state index in [-0.39, 0.29) is 18.5 Å². The van der Waals surface area contributed by atoms with Crippen molar-refractivity contribution in [3.63, 3.8) is 0 Å². The molecule has 0 atom stereocenters. The summed E-state index contributed by atoms with van der Waals surface area (Å²) in [6.07, 6.45) is 0. The number of amides is 1. The van der Waals surface area contributed by atoms with Crippen molar-refractivity contribution in [1.82, 2.24) is 14.5 Å². The monoisotopic (exact) mass is 392 g/mol. The lowest BCUT2D eigenvalue weighted by Crippen LogP contribution is -2.40. The van der Waals surface area contributed by atoms with Crippen LogP contribution in [0.25, 0.3) is 11.0 Å². The van der Waals surface area contributed by atoms with Crippen LogP contribution in [0.5, 0.6) is 0 Å². The minimum Gasteiger partial charge on any atom is -0.379 e. The third kappa shape index (κ3) is 4.33. The maximum absolute atomic E-state index is 13.4. The molecule has 1 aliphatic heterocycles. The number of imidazole rings is 1. The molecule has 2 heterocycles. The number of ether oxygens (including phenoxy) is 1. The van der Waals surface area contributed by atoms with Gasteiger partial charge in [0, 0.05) is 24.8 Å². The molecule has 3 aromatic rings. The molecule has 0 spiro atoms. The highest BCUT2D eigenvalue weighted by Crippen LogP contribution is 2.21. The van der Waals surface area contributed by atoms with Crippen molar-refractivity contribution in [2.24, 2.45) is 0 Å². The van der Waals surface area contributed by atoms with Crippen molar-refractivity contribution in [3.8, 4) is 0 Å². The number of morpholine rings is 1. The number of carbonyl (C=O) groups is 1. The van der Waals surface area contributed by atoms with Gasteiger partial charge in [-0.05, 0) is 38.1 Å². The van der Waals surface area contributed by atoms with Crippen LogP contribution >= 0.6 is 0 Å². The standard InChI is InChI=1S/C23H28N4O2/c1-18(2)27(19-8-4-3-5-9-19)23(28)17-26-21-11-7-6-10-20(21)24-22(26)16-25-12-14-29-15-13-25/h3-11,18H,12-17H2,1-2H3. The van der Waals surface area contributed by atoms with Gasteiger partial charge in [0.15, 0.2) is 0 Å². The molecule has 6 heteroatoms. The van der Waals surface area contributed by atoms with E-state index in [0.717, 1.165) is 55.4 Å². The topological polar surface area (TPSA) is 50.6 Å². The predicted octanol–water partition coefficient (Wildman–Crippen LogP) is 3.31. The van der Waals surface area contributed by atoms with Crippen molar-refractivity contribution < 1.29 is 9.53 Å². The second-order valence-electron chi connectivity index (χ2n) is 7.68. The second-order valence-corrected chi connectivity index (χ2v) is 7.68. The Morgan fingerprint density at radius 3 is 2.48 bits per heavy atom. The summed E-state index contributed by atoms with van der Waals surface area (Å²) in [5, 5.41) is 0. The van der Waals surface area contributed by atoms with Crippen LogP contribution in [0, 0.1) is 0 Å². The van der Waals surface area contributed by atoms with Gasteiger partial charge in [-0.2, -0.15) is 0 Å². The minimum absolute atomic E-state index is 0.0672. The van der Waals surface area contributed by atoms with Crippen molar-refractivity contribution >= 4 is 22.6 Å². The molecular weight excluding hydrogens is 364 g/mol. The third-order valence-electron chi connectivity index (χ3n) is 5.32. The zero-order valence-corrected chi connectivity index (χ0v) is 17.1. The van der Waals surface area contributed by atoms with E-state index in [1.54, 1.807) is 0 Å². The van der Waals surface area contributed by atoms with E-state index >= 15 is 0 Å². The Hall–Kier alpha value is -2.70. The van der Waals surface area contributed by atoms with Crippen LogP contribution in [-0.4, -0.2) is 52.7 Å². The van der Waals surface area contributed by atoms with Crippen LogP contribution < -0.4 is 4.90 Å². The maximum atomic E-state index is 13.4. The minimum atomic E-state index is 0.0672. The molecular formula is C23H28N4O2. The number of nitrogens with zero attached hydrogens (tertiary/aromatic N) is 4. The Morgan fingerprint density at radius 2 is 1.76 bits per heavy atom. The Bertz CT molecular complexity index is 961. The number of anilines is 1. The quantitative estimate of drug-likeness (QED) is 0.646. The molecule has 0 aliphatic carbocycles. The van der Waals surface area contributed by atoms with Gasteiger partial charge in [-0.15, -0.1) is 0 Å². The lowest BCUT2D eigenvalue weighted by Gasteiger charge is -2.28. The van der Waals surface area contributed by atoms with Gasteiger partial charge in [0.25, 0.3) is 0 Å². The first kappa shape index (κ1) is 19.6. The fourth-order valence-electron chi connectivity index (χ4n) is 3.91. The van der Waals surface area contributed by atoms with Crippen LogP contribution in [0.2, 0.25) is 0 Å². The number of rotatable bonds is 6. The van der Waals surface area contributed by atoms with Crippen LogP contribution in [0.3, 0.4) is 0 Å². The molecule has 2 aromatic carbocycles. The average Bonchev–Trinajstić information content (AvgIpc) is 3.06. The first-order valence-electron chi connectivity index (χ1n) is 10.2. The van der Waals surface area contributed by atoms with E-state index in [9.17, 15) is 4.79 Å². The number of benzene rings is 2. The molecule has 1 amide bonds. The zero-order chi connectivity index (χ0) is 20.2. The Kier molecular flexibility index (Phi) is 5.92. The van der Waals surface area contributed by atoms with Gasteiger partial charge in [-0.1, -0.05) is 30.3 Å². The van der Waals surface area contributed by atoms with Gasteiger partial charge in [0.05, 0.1) is 30.8 Å². The normalized spacial score (nSPS) is 15.1. The molecule has 1 saturated heterocycles. The Balaban J connectivity index is 1.65. The SMILES string of the molecule is CC(C)N(C(=O)Cn1c(CN2CCOCC2)nc2ccccc21)c1ccccc1. The molecule has 0 N–H and O–H groups in total. The molecule has 1 aliphatic rings. The molecule has 6 nitrogen and oxygen atoms in total. The fraction of sp³-hybridized carbons (Fsp3) is 0.391. The summed E-state index contributed by atoms with van der Waals surface area (Å²) in [6, 6.07) is 18.0. The molecule has 29 heavy (non-hydrogen) atoms. The lowest BCUT2D eigenvalue weighted by molar-refractivity contribution is -0.119. The van der Waals surface area contributed by atoms with Gasteiger partial charge < -0.3 is 14.2 Å². The largest absolute Gasteiger partial charge is 0.379 e. The summed E-state index contributed by atoms with van der Waals surface area (Å²) < 4.78 is 7.54. The third-order valence-corrected chi connectivity index (χ3v) is 5.32. The summed E-state index contributed by atoms with van der Waals surface area (Å²) >= 11 is 0. The number of hydrogen-bond acceptors (Lipinski definition) is 4. The van der Waals surface area contributed by atoms with Crippen molar-refractivity contribution in [1.29, 1.82) is 0 Å². The highest BCUT2D eigenvalue weighted by atomic mass is 16.5. The average molecular weight is 393 g/mol. The van der Waals surface area contributed by atoms with Crippen LogP contribution in [0.1, 0.15) is 19.7 Å². The number of carbonyl (C=O) groups excluding carboxylic acids is 1. The van der Waals surface area contributed by atoms with Crippen LogP contribution in [0.4, 0.5) is 5.69 Å². The molecule has 0 saturated carbocycles. The Labute approximate surface area is 171 Å². The van der Waals surface area contributed by atoms with E-state index in [2.05, 4.69) is 9.47 Å². The number of fused-ring (bicyclic) bond motifs is 1. The first-order valence-corrected chi connectivity index (χ1v) is 10.2. The first-order chi connectivity index (χ1) is 14.1. The van der Waals surface area contributed by atoms with E-state index < -0.39 is 0 Å². The molecule has 0 bridgehead atoms. The number of para-hydroxylation sites is 3. The molecule has 152 valence electrons. The van der Waals surface area contributed by atoms with Gasteiger partial charge in [-0.3, -0.25) is 9.69 Å². The highest BCUT2D eigenvalue weighted by Gasteiger charge is 2.23. The predicted molar refractivity (Wildman–Crippen MR) is 115 cm³/mol.